The molecule has 0 unspecified atom stereocenters. The molecule has 0 heterocycles. The maximum atomic E-state index is 9.11. The van der Waals surface area contributed by atoms with E-state index in [2.05, 4.69) is 6.58 Å². The topological polar surface area (TPSA) is 60.7 Å². The lowest BCUT2D eigenvalue weighted by molar-refractivity contribution is 0.198. The van der Waals surface area contributed by atoms with E-state index in [4.69, 9.17) is 15.3 Å². The van der Waals surface area contributed by atoms with E-state index in [-0.39, 0.29) is 31.7 Å². The molecule has 13 heavy (non-hydrogen) atoms. The van der Waals surface area contributed by atoms with E-state index in [0.29, 0.717) is 0 Å². The van der Waals surface area contributed by atoms with Gasteiger partial charge < -0.3 is 15.3 Å². The summed E-state index contributed by atoms with van der Waals surface area (Å²) in [4.78, 5) is 0. The SMILES string of the molecule is C=C(CO)[C@H]1CC=C(CO)[C@H]1CO. The summed E-state index contributed by atoms with van der Waals surface area (Å²) in [5.41, 5.74) is 1.60. The van der Waals surface area contributed by atoms with Gasteiger partial charge in [0.15, 0.2) is 0 Å². The second-order valence-corrected chi connectivity index (χ2v) is 3.38. The van der Waals surface area contributed by atoms with E-state index in [1.807, 2.05) is 6.08 Å². The monoisotopic (exact) mass is 184 g/mol. The van der Waals surface area contributed by atoms with E-state index >= 15 is 0 Å². The quantitative estimate of drug-likeness (QED) is 0.542. The smallest absolute Gasteiger partial charge is 0.0645 e. The van der Waals surface area contributed by atoms with E-state index in [1.165, 1.54) is 0 Å². The number of allylic oxidation sites excluding steroid dienone is 1. The molecule has 1 aliphatic carbocycles. The first-order chi connectivity index (χ1) is 6.24. The molecule has 3 nitrogen and oxygen atoms in total. The zero-order valence-corrected chi connectivity index (χ0v) is 7.61. The molecule has 0 bridgehead atoms. The van der Waals surface area contributed by atoms with Crippen LogP contribution in [-0.4, -0.2) is 35.1 Å². The van der Waals surface area contributed by atoms with Crippen molar-refractivity contribution in [3.05, 3.63) is 23.8 Å². The largest absolute Gasteiger partial charge is 0.396 e. The lowest BCUT2D eigenvalue weighted by Gasteiger charge is -2.21. The van der Waals surface area contributed by atoms with Crippen molar-refractivity contribution >= 4 is 0 Å². The number of hydrogen-bond acceptors (Lipinski definition) is 3. The fourth-order valence-corrected chi connectivity index (χ4v) is 1.85. The van der Waals surface area contributed by atoms with Gasteiger partial charge in [0.05, 0.1) is 19.8 Å². The molecule has 0 saturated carbocycles. The van der Waals surface area contributed by atoms with Gasteiger partial charge in [0, 0.05) is 5.92 Å². The highest BCUT2D eigenvalue weighted by atomic mass is 16.3. The number of aliphatic hydroxyl groups excluding tert-OH is 3. The van der Waals surface area contributed by atoms with Crippen LogP contribution < -0.4 is 0 Å². The molecule has 3 N–H and O–H groups in total. The molecule has 1 aliphatic rings. The van der Waals surface area contributed by atoms with Crippen LogP contribution in [0.2, 0.25) is 0 Å². The lowest BCUT2D eigenvalue weighted by atomic mass is 9.87. The summed E-state index contributed by atoms with van der Waals surface area (Å²) in [6.45, 7) is 3.69. The van der Waals surface area contributed by atoms with E-state index in [9.17, 15) is 0 Å². The van der Waals surface area contributed by atoms with Gasteiger partial charge in [-0.05, 0) is 23.5 Å². The van der Waals surface area contributed by atoms with Gasteiger partial charge in [0.25, 0.3) is 0 Å². The lowest BCUT2D eigenvalue weighted by Crippen LogP contribution is -2.20. The van der Waals surface area contributed by atoms with Crippen molar-refractivity contribution < 1.29 is 15.3 Å². The molecule has 1 rings (SSSR count). The van der Waals surface area contributed by atoms with E-state index in [1.54, 1.807) is 0 Å². The first-order valence-corrected chi connectivity index (χ1v) is 4.43. The first-order valence-electron chi connectivity index (χ1n) is 4.43. The summed E-state index contributed by atoms with van der Waals surface area (Å²) < 4.78 is 0. The fourth-order valence-electron chi connectivity index (χ4n) is 1.85. The predicted molar refractivity (Wildman–Crippen MR) is 50.1 cm³/mol. The molecule has 0 aromatic rings. The van der Waals surface area contributed by atoms with Crippen molar-refractivity contribution in [1.29, 1.82) is 0 Å². The predicted octanol–water partition coefficient (Wildman–Crippen LogP) is 0.0820. The molecule has 0 aromatic carbocycles. The van der Waals surface area contributed by atoms with Crippen LogP contribution in [0.4, 0.5) is 0 Å². The molecular weight excluding hydrogens is 168 g/mol. The van der Waals surface area contributed by atoms with Crippen LogP contribution in [0, 0.1) is 11.8 Å². The highest BCUT2D eigenvalue weighted by Crippen LogP contribution is 2.35. The minimum atomic E-state index is -0.0513. The zero-order valence-electron chi connectivity index (χ0n) is 7.61. The normalized spacial score (nSPS) is 27.5. The van der Waals surface area contributed by atoms with Crippen molar-refractivity contribution in [3.8, 4) is 0 Å². The third kappa shape index (κ3) is 1.99. The second kappa shape index (κ2) is 4.56. The van der Waals surface area contributed by atoms with Crippen LogP contribution in [0.15, 0.2) is 23.8 Å². The van der Waals surface area contributed by atoms with Gasteiger partial charge in [-0.1, -0.05) is 12.7 Å². The van der Waals surface area contributed by atoms with Crippen molar-refractivity contribution in [2.45, 2.75) is 6.42 Å². The summed E-state index contributed by atoms with van der Waals surface area (Å²) in [5, 5.41) is 27.0. The first kappa shape index (κ1) is 10.4. The van der Waals surface area contributed by atoms with Crippen molar-refractivity contribution in [2.75, 3.05) is 19.8 Å². The van der Waals surface area contributed by atoms with Crippen LogP contribution in [0.1, 0.15) is 6.42 Å². The van der Waals surface area contributed by atoms with E-state index < -0.39 is 0 Å². The molecule has 0 amide bonds. The minimum Gasteiger partial charge on any atom is -0.396 e. The van der Waals surface area contributed by atoms with Crippen LogP contribution in [-0.2, 0) is 0 Å². The molecule has 3 heteroatoms. The van der Waals surface area contributed by atoms with Crippen molar-refractivity contribution in [2.24, 2.45) is 11.8 Å². The summed E-state index contributed by atoms with van der Waals surface area (Å²) in [6.07, 6.45) is 2.69. The number of rotatable bonds is 4. The molecule has 0 saturated heterocycles. The van der Waals surface area contributed by atoms with Gasteiger partial charge in [-0.2, -0.15) is 0 Å². The summed E-state index contributed by atoms with van der Waals surface area (Å²) in [5.74, 6) is 0.0433. The average molecular weight is 184 g/mol. The molecule has 0 aliphatic heterocycles. The summed E-state index contributed by atoms with van der Waals surface area (Å²) in [7, 11) is 0. The zero-order chi connectivity index (χ0) is 9.84. The summed E-state index contributed by atoms with van der Waals surface area (Å²) >= 11 is 0. The Labute approximate surface area is 78.0 Å². The Kier molecular flexibility index (Phi) is 3.66. The minimum absolute atomic E-state index is 0.0100. The van der Waals surface area contributed by atoms with E-state index in [0.717, 1.165) is 17.6 Å². The Hall–Kier alpha value is -0.640. The number of hydrogen-bond donors (Lipinski definition) is 3. The van der Waals surface area contributed by atoms with Crippen LogP contribution in [0.3, 0.4) is 0 Å². The molecular formula is C10H16O3. The van der Waals surface area contributed by atoms with Crippen LogP contribution in [0.25, 0.3) is 0 Å². The molecule has 0 spiro atoms. The molecule has 0 aromatic heterocycles. The van der Waals surface area contributed by atoms with Crippen LogP contribution in [0.5, 0.6) is 0 Å². The molecule has 2 atom stereocenters. The fraction of sp³-hybridized carbons (Fsp3) is 0.600. The second-order valence-electron chi connectivity index (χ2n) is 3.38. The Morgan fingerprint density at radius 2 is 2.15 bits per heavy atom. The van der Waals surface area contributed by atoms with Gasteiger partial charge in [-0.3, -0.25) is 0 Å². The Morgan fingerprint density at radius 3 is 2.62 bits per heavy atom. The van der Waals surface area contributed by atoms with Gasteiger partial charge in [0.1, 0.15) is 0 Å². The maximum Gasteiger partial charge on any atom is 0.0645 e. The average Bonchev–Trinajstić information content (AvgIpc) is 2.58. The highest BCUT2D eigenvalue weighted by molar-refractivity contribution is 5.22. The number of aliphatic hydroxyl groups is 3. The molecule has 74 valence electrons. The van der Waals surface area contributed by atoms with Gasteiger partial charge >= 0.3 is 0 Å². The molecule has 0 fully saturated rings. The van der Waals surface area contributed by atoms with Crippen molar-refractivity contribution in [3.63, 3.8) is 0 Å². The van der Waals surface area contributed by atoms with Gasteiger partial charge in [-0.15, -0.1) is 0 Å². The van der Waals surface area contributed by atoms with Crippen LogP contribution >= 0.6 is 0 Å². The van der Waals surface area contributed by atoms with Gasteiger partial charge in [0.2, 0.25) is 0 Å². The summed E-state index contributed by atoms with van der Waals surface area (Å²) in [6, 6.07) is 0. The maximum absolute atomic E-state index is 9.11. The Bertz CT molecular complexity index is 220. The Morgan fingerprint density at radius 1 is 1.46 bits per heavy atom. The van der Waals surface area contributed by atoms with Gasteiger partial charge in [-0.25, -0.2) is 0 Å². The molecule has 0 radical (unpaired) electrons. The standard InChI is InChI=1S/C10H16O3/c1-7(4-11)9-3-2-8(5-12)10(9)6-13/h2,9-13H,1,3-6H2/t9-,10-/m1/s1. The Balaban J connectivity index is 2.67. The highest BCUT2D eigenvalue weighted by Gasteiger charge is 2.29. The third-order valence-electron chi connectivity index (χ3n) is 2.70. The third-order valence-corrected chi connectivity index (χ3v) is 2.70. The van der Waals surface area contributed by atoms with Crippen molar-refractivity contribution in [1.82, 2.24) is 0 Å².